The van der Waals surface area contributed by atoms with Crippen LogP contribution < -0.4 is 5.32 Å². The zero-order valence-electron chi connectivity index (χ0n) is 12.4. The highest BCUT2D eigenvalue weighted by Crippen LogP contribution is 2.28. The van der Waals surface area contributed by atoms with Gasteiger partial charge in [-0.25, -0.2) is 4.98 Å². The van der Waals surface area contributed by atoms with Gasteiger partial charge in [-0.15, -0.1) is 0 Å². The van der Waals surface area contributed by atoms with Gasteiger partial charge in [-0.1, -0.05) is 50.2 Å². The number of nitrogens with one attached hydrogen (secondary N) is 1. The molecule has 1 unspecified atom stereocenters. The fraction of sp³-hybridized carbons (Fsp3) is 0.562. The van der Waals surface area contributed by atoms with E-state index in [1.54, 1.807) is 11.3 Å². The number of nitrogens with zero attached hydrogens (tertiary/aromatic N) is 1. The molecule has 104 valence electrons. The van der Waals surface area contributed by atoms with Gasteiger partial charge in [-0.05, 0) is 37.8 Å². The van der Waals surface area contributed by atoms with Crippen molar-refractivity contribution in [2.24, 2.45) is 5.92 Å². The first kappa shape index (κ1) is 14.3. The lowest BCUT2D eigenvalue weighted by atomic mass is 10.0. The highest BCUT2D eigenvalue weighted by molar-refractivity contribution is 7.22. The number of hydrogen-bond acceptors (Lipinski definition) is 3. The number of anilines is 1. The molecule has 1 atom stereocenters. The van der Waals surface area contributed by atoms with E-state index < -0.39 is 0 Å². The highest BCUT2D eigenvalue weighted by atomic mass is 32.1. The third-order valence-corrected chi connectivity index (χ3v) is 4.36. The van der Waals surface area contributed by atoms with Gasteiger partial charge in [-0.3, -0.25) is 0 Å². The van der Waals surface area contributed by atoms with E-state index in [1.807, 2.05) is 0 Å². The average Bonchev–Trinajstić information content (AvgIpc) is 2.72. The van der Waals surface area contributed by atoms with Crippen LogP contribution in [0, 0.1) is 12.8 Å². The Morgan fingerprint density at radius 3 is 2.68 bits per heavy atom. The minimum Gasteiger partial charge on any atom is -0.359 e. The van der Waals surface area contributed by atoms with Crippen LogP contribution in [0.25, 0.3) is 10.2 Å². The highest BCUT2D eigenvalue weighted by Gasteiger charge is 2.08. The van der Waals surface area contributed by atoms with Crippen LogP contribution in [0.4, 0.5) is 5.13 Å². The van der Waals surface area contributed by atoms with Gasteiger partial charge in [0.2, 0.25) is 0 Å². The predicted octanol–water partition coefficient (Wildman–Crippen LogP) is 5.23. The molecule has 0 amide bonds. The van der Waals surface area contributed by atoms with Crippen molar-refractivity contribution >= 4 is 26.7 Å². The van der Waals surface area contributed by atoms with Crippen LogP contribution in [0.1, 0.15) is 45.6 Å². The first-order valence-corrected chi connectivity index (χ1v) is 8.00. The molecular formula is C16H24N2S. The molecule has 2 aromatic rings. The summed E-state index contributed by atoms with van der Waals surface area (Å²) in [6.07, 6.45) is 3.81. The van der Waals surface area contributed by atoms with E-state index in [-0.39, 0.29) is 0 Å². The fourth-order valence-electron chi connectivity index (χ4n) is 2.26. The molecule has 0 radical (unpaired) electrons. The van der Waals surface area contributed by atoms with Gasteiger partial charge < -0.3 is 5.32 Å². The lowest BCUT2D eigenvalue weighted by molar-refractivity contribution is 0.520. The molecule has 0 saturated carbocycles. The Hall–Kier alpha value is -1.09. The molecule has 0 aliphatic heterocycles. The summed E-state index contributed by atoms with van der Waals surface area (Å²) in [5, 5.41) is 4.60. The maximum atomic E-state index is 4.70. The van der Waals surface area contributed by atoms with Crippen molar-refractivity contribution in [3.8, 4) is 0 Å². The minimum atomic E-state index is 0.500. The Bertz CT molecular complexity index is 531. The molecule has 0 bridgehead atoms. The van der Waals surface area contributed by atoms with E-state index in [1.165, 1.54) is 29.5 Å². The third kappa shape index (κ3) is 3.93. The average molecular weight is 276 g/mol. The summed E-state index contributed by atoms with van der Waals surface area (Å²) in [7, 11) is 0. The van der Waals surface area contributed by atoms with Crippen LogP contribution >= 0.6 is 11.3 Å². The molecule has 1 N–H and O–H groups in total. The fourth-order valence-corrected chi connectivity index (χ4v) is 3.32. The van der Waals surface area contributed by atoms with Crippen LogP contribution in [0.2, 0.25) is 0 Å². The lowest BCUT2D eigenvalue weighted by Crippen LogP contribution is -2.14. The molecule has 1 aromatic heterocycles. The molecular weight excluding hydrogens is 252 g/mol. The molecule has 0 saturated heterocycles. The van der Waals surface area contributed by atoms with E-state index in [0.29, 0.717) is 6.04 Å². The molecule has 1 heterocycles. The van der Waals surface area contributed by atoms with Crippen LogP contribution in [-0.4, -0.2) is 11.0 Å². The number of benzene rings is 1. The van der Waals surface area contributed by atoms with Crippen molar-refractivity contribution in [1.82, 2.24) is 4.98 Å². The SMILES string of the molecule is Cc1cccc2sc(NC(C)CCCC(C)C)nc12. The van der Waals surface area contributed by atoms with Crippen molar-refractivity contribution in [3.05, 3.63) is 23.8 Å². The lowest BCUT2D eigenvalue weighted by Gasteiger charge is -2.13. The van der Waals surface area contributed by atoms with Crippen molar-refractivity contribution < 1.29 is 0 Å². The molecule has 0 spiro atoms. The van der Waals surface area contributed by atoms with Gasteiger partial charge in [-0.2, -0.15) is 0 Å². The number of aryl methyl sites for hydroxylation is 1. The Balaban J connectivity index is 1.95. The molecule has 3 heteroatoms. The summed E-state index contributed by atoms with van der Waals surface area (Å²) in [6.45, 7) is 8.94. The van der Waals surface area contributed by atoms with Crippen LogP contribution in [0.3, 0.4) is 0 Å². The zero-order valence-corrected chi connectivity index (χ0v) is 13.2. The summed E-state index contributed by atoms with van der Waals surface area (Å²) in [5.74, 6) is 0.803. The van der Waals surface area contributed by atoms with E-state index >= 15 is 0 Å². The minimum absolute atomic E-state index is 0.500. The number of aromatic nitrogens is 1. The summed E-state index contributed by atoms with van der Waals surface area (Å²) in [5.41, 5.74) is 2.40. The van der Waals surface area contributed by atoms with Crippen molar-refractivity contribution in [2.45, 2.75) is 53.0 Å². The van der Waals surface area contributed by atoms with Gasteiger partial charge in [0, 0.05) is 6.04 Å². The molecule has 2 nitrogen and oxygen atoms in total. The van der Waals surface area contributed by atoms with E-state index in [4.69, 9.17) is 4.98 Å². The van der Waals surface area contributed by atoms with E-state index in [2.05, 4.69) is 51.2 Å². The van der Waals surface area contributed by atoms with Gasteiger partial charge in [0.25, 0.3) is 0 Å². The summed E-state index contributed by atoms with van der Waals surface area (Å²) >= 11 is 1.76. The third-order valence-electron chi connectivity index (χ3n) is 3.41. The molecule has 0 fully saturated rings. The van der Waals surface area contributed by atoms with Gasteiger partial charge in [0.1, 0.15) is 0 Å². The predicted molar refractivity (Wildman–Crippen MR) is 86.1 cm³/mol. The maximum Gasteiger partial charge on any atom is 0.184 e. The number of hydrogen-bond donors (Lipinski definition) is 1. The summed E-state index contributed by atoms with van der Waals surface area (Å²) in [6, 6.07) is 6.87. The van der Waals surface area contributed by atoms with Crippen LogP contribution in [0.5, 0.6) is 0 Å². The Kier molecular flexibility index (Phi) is 4.81. The first-order chi connectivity index (χ1) is 9.06. The number of thiazole rings is 1. The molecule has 0 aliphatic rings. The van der Waals surface area contributed by atoms with Crippen LogP contribution in [-0.2, 0) is 0 Å². The molecule has 19 heavy (non-hydrogen) atoms. The van der Waals surface area contributed by atoms with Crippen molar-refractivity contribution in [2.75, 3.05) is 5.32 Å². The van der Waals surface area contributed by atoms with E-state index in [9.17, 15) is 0 Å². The Morgan fingerprint density at radius 1 is 1.21 bits per heavy atom. The van der Waals surface area contributed by atoms with Gasteiger partial charge in [0.15, 0.2) is 5.13 Å². The summed E-state index contributed by atoms with van der Waals surface area (Å²) in [4.78, 5) is 4.70. The second-order valence-corrected chi connectivity index (χ2v) is 6.84. The largest absolute Gasteiger partial charge is 0.359 e. The monoisotopic (exact) mass is 276 g/mol. The second kappa shape index (κ2) is 6.38. The molecule has 1 aromatic carbocycles. The molecule has 2 rings (SSSR count). The second-order valence-electron chi connectivity index (χ2n) is 5.81. The van der Waals surface area contributed by atoms with Gasteiger partial charge in [0.05, 0.1) is 10.2 Å². The topological polar surface area (TPSA) is 24.9 Å². The maximum absolute atomic E-state index is 4.70. The number of para-hydroxylation sites is 1. The Labute approximate surface area is 120 Å². The number of fused-ring (bicyclic) bond motifs is 1. The van der Waals surface area contributed by atoms with E-state index in [0.717, 1.165) is 16.6 Å². The van der Waals surface area contributed by atoms with Crippen molar-refractivity contribution in [1.29, 1.82) is 0 Å². The Morgan fingerprint density at radius 2 is 2.00 bits per heavy atom. The van der Waals surface area contributed by atoms with Crippen LogP contribution in [0.15, 0.2) is 18.2 Å². The number of rotatable bonds is 6. The smallest absolute Gasteiger partial charge is 0.184 e. The first-order valence-electron chi connectivity index (χ1n) is 7.19. The molecule has 0 aliphatic carbocycles. The normalized spacial score (nSPS) is 13.1. The zero-order chi connectivity index (χ0) is 13.8. The summed E-state index contributed by atoms with van der Waals surface area (Å²) < 4.78 is 1.27. The van der Waals surface area contributed by atoms with Crippen molar-refractivity contribution in [3.63, 3.8) is 0 Å². The van der Waals surface area contributed by atoms with Gasteiger partial charge >= 0.3 is 0 Å². The quantitative estimate of drug-likeness (QED) is 0.781. The standard InChI is InChI=1S/C16H24N2S/c1-11(2)7-5-9-13(4)17-16-18-15-12(3)8-6-10-14(15)19-16/h6,8,10-11,13H,5,7,9H2,1-4H3,(H,17,18).